The van der Waals surface area contributed by atoms with Crippen LogP contribution in [0.1, 0.15) is 42.5 Å². The molecule has 10 N–H and O–H groups in total. The van der Waals surface area contributed by atoms with Crippen LogP contribution in [0, 0.1) is 0 Å². The molecule has 0 bridgehead atoms. The molecule has 0 spiro atoms. The van der Waals surface area contributed by atoms with Crippen molar-refractivity contribution in [2.45, 2.75) is 26.2 Å². The molecule has 2 aromatic carbocycles. The number of nitrogens with one attached hydrogen (secondary N) is 1. The fraction of sp³-hybridized carbons (Fsp3) is 0.167. The number of amidine groups is 1. The van der Waals surface area contributed by atoms with Gasteiger partial charge in [0.15, 0.2) is 11.6 Å². The third-order valence-corrected chi connectivity index (χ3v) is 5.04. The Morgan fingerprint density at radius 3 is 2.38 bits per heavy atom. The first-order chi connectivity index (χ1) is 17.4. The van der Waals surface area contributed by atoms with Gasteiger partial charge in [0, 0.05) is 11.5 Å². The second-order valence-electron chi connectivity index (χ2n) is 9.05. The Morgan fingerprint density at radius 2 is 1.73 bits per heavy atom. The van der Waals surface area contributed by atoms with Gasteiger partial charge in [0.25, 0.3) is 11.7 Å². The number of aromatic nitrogens is 4. The highest BCUT2D eigenvalue weighted by Crippen LogP contribution is 2.33. The molecule has 0 saturated heterocycles. The Morgan fingerprint density at radius 1 is 1.00 bits per heavy atom. The Labute approximate surface area is 210 Å². The summed E-state index contributed by atoms with van der Waals surface area (Å²) in [6, 6.07) is 10.9. The summed E-state index contributed by atoms with van der Waals surface area (Å²) < 4.78 is 11.8. The molecular weight excluding hydrogens is 478 g/mol. The smallest absolute Gasteiger partial charge is 0.336 e. The number of carboxylic acids is 1. The van der Waals surface area contributed by atoms with Gasteiger partial charge < -0.3 is 31.0 Å². The number of guanidine groups is 1. The molecule has 0 aliphatic heterocycles. The molecule has 4 rings (SSSR count). The van der Waals surface area contributed by atoms with Gasteiger partial charge in [-0.2, -0.15) is 9.97 Å². The van der Waals surface area contributed by atoms with E-state index in [9.17, 15) is 9.90 Å². The first-order valence-electron chi connectivity index (χ1n) is 11.0. The molecule has 0 aliphatic carbocycles. The molecular formula is C24H26N9O4+. The quantitative estimate of drug-likeness (QED) is 0.156. The van der Waals surface area contributed by atoms with Gasteiger partial charge in [-0.05, 0) is 30.3 Å². The SMILES string of the molecule is CC(C)(C)c1nc2nc(Oc3cccc(N=C(N)N)c3)nc(Oc3ccc(C(N)=[NH2+])c(C(=O)O)c3)c2[nH]1. The number of fused-ring (bicyclic) bond motifs is 1. The van der Waals surface area contributed by atoms with Crippen LogP contribution >= 0.6 is 0 Å². The standard InChI is InChI=1S/C24H25N9O4/c1-24(2,3)21-30-16-18(31-21)32-23(37-12-6-4-5-11(9-12)29-22(27)28)33-19(16)36-13-7-8-14(17(25)26)15(10-13)20(34)35/h4-10H,1-3H3,(H3,25,26)(H,34,35)(H4,27,28,29)(H,30,31,32,33)/p+1. The molecule has 13 heteroatoms. The molecule has 0 atom stereocenters. The van der Waals surface area contributed by atoms with Crippen molar-refractivity contribution in [1.29, 1.82) is 0 Å². The summed E-state index contributed by atoms with van der Waals surface area (Å²) in [5.74, 6) is -0.200. The number of benzene rings is 2. The Balaban J connectivity index is 1.79. The zero-order valence-corrected chi connectivity index (χ0v) is 20.3. The predicted molar refractivity (Wildman–Crippen MR) is 136 cm³/mol. The number of nitrogens with zero attached hydrogens (tertiary/aromatic N) is 4. The van der Waals surface area contributed by atoms with Gasteiger partial charge in [0.1, 0.15) is 22.8 Å². The molecule has 13 nitrogen and oxygen atoms in total. The van der Waals surface area contributed by atoms with E-state index in [2.05, 4.69) is 24.9 Å². The lowest BCUT2D eigenvalue weighted by atomic mass is 9.96. The van der Waals surface area contributed by atoms with E-state index in [1.165, 1.54) is 18.2 Å². The number of hydrogen-bond donors (Lipinski definition) is 6. The number of imidazole rings is 1. The Kier molecular flexibility index (Phi) is 6.36. The average molecular weight is 505 g/mol. The molecule has 2 heterocycles. The molecule has 0 amide bonds. The van der Waals surface area contributed by atoms with Crippen LogP contribution < -0.4 is 32.1 Å². The molecule has 2 aromatic heterocycles. The molecule has 4 aromatic rings. The van der Waals surface area contributed by atoms with E-state index in [-0.39, 0.29) is 46.0 Å². The van der Waals surface area contributed by atoms with Crippen LogP contribution in [-0.4, -0.2) is 42.8 Å². The van der Waals surface area contributed by atoms with Crippen molar-refractivity contribution >= 4 is 34.6 Å². The minimum atomic E-state index is -1.22. The predicted octanol–water partition coefficient (Wildman–Crippen LogP) is 1.30. The van der Waals surface area contributed by atoms with E-state index in [1.54, 1.807) is 24.3 Å². The number of aromatic amines is 1. The summed E-state index contributed by atoms with van der Waals surface area (Å²) in [4.78, 5) is 32.3. The maximum atomic E-state index is 11.7. The maximum absolute atomic E-state index is 11.7. The number of aliphatic imine (C=N–C) groups is 1. The number of H-pyrrole nitrogens is 1. The van der Waals surface area contributed by atoms with Crippen molar-refractivity contribution in [3.05, 3.63) is 59.4 Å². The number of hydrogen-bond acceptors (Lipinski definition) is 7. The summed E-state index contributed by atoms with van der Waals surface area (Å²) in [6.45, 7) is 5.95. The Bertz CT molecular complexity index is 1550. The largest absolute Gasteiger partial charge is 0.478 e. The zero-order chi connectivity index (χ0) is 26.9. The van der Waals surface area contributed by atoms with E-state index in [0.717, 1.165) is 0 Å². The molecule has 0 aliphatic rings. The van der Waals surface area contributed by atoms with E-state index < -0.39 is 5.97 Å². The number of nitrogens with two attached hydrogens (primary N) is 4. The summed E-state index contributed by atoms with van der Waals surface area (Å²) >= 11 is 0. The van der Waals surface area contributed by atoms with Crippen LogP contribution in [-0.2, 0) is 5.41 Å². The highest BCUT2D eigenvalue weighted by atomic mass is 16.5. The van der Waals surface area contributed by atoms with Gasteiger partial charge in [0.05, 0.1) is 16.8 Å². The lowest BCUT2D eigenvalue weighted by Gasteiger charge is -2.13. The van der Waals surface area contributed by atoms with Crippen LogP contribution in [0.15, 0.2) is 47.5 Å². The highest BCUT2D eigenvalue weighted by molar-refractivity contribution is 6.04. The molecule has 0 fully saturated rings. The first-order valence-corrected chi connectivity index (χ1v) is 11.0. The number of aromatic carboxylic acids is 1. The van der Waals surface area contributed by atoms with E-state index >= 15 is 0 Å². The molecule has 0 saturated carbocycles. The van der Waals surface area contributed by atoms with Crippen molar-refractivity contribution in [3.8, 4) is 23.4 Å². The summed E-state index contributed by atoms with van der Waals surface area (Å²) in [5.41, 5.74) is 17.4. The highest BCUT2D eigenvalue weighted by Gasteiger charge is 2.23. The van der Waals surface area contributed by atoms with Crippen molar-refractivity contribution in [3.63, 3.8) is 0 Å². The van der Waals surface area contributed by atoms with Crippen molar-refractivity contribution in [2.75, 3.05) is 0 Å². The van der Waals surface area contributed by atoms with Crippen LogP contribution in [0.5, 0.6) is 23.4 Å². The average Bonchev–Trinajstić information content (AvgIpc) is 3.24. The normalized spacial score (nSPS) is 11.2. The van der Waals surface area contributed by atoms with Gasteiger partial charge in [-0.25, -0.2) is 14.8 Å². The van der Waals surface area contributed by atoms with Crippen molar-refractivity contribution < 1.29 is 24.8 Å². The number of carbonyl (C=O) groups is 1. The maximum Gasteiger partial charge on any atom is 0.336 e. The topological polar surface area (TPSA) is 226 Å². The summed E-state index contributed by atoms with van der Waals surface area (Å²) in [6.07, 6.45) is 0. The van der Waals surface area contributed by atoms with Gasteiger partial charge in [-0.3, -0.25) is 11.1 Å². The summed E-state index contributed by atoms with van der Waals surface area (Å²) in [7, 11) is 0. The second-order valence-corrected chi connectivity index (χ2v) is 9.05. The number of ether oxygens (including phenoxy) is 2. The first kappa shape index (κ1) is 24.9. The molecule has 190 valence electrons. The molecule has 0 unspecified atom stereocenters. The number of rotatable bonds is 7. The third kappa shape index (κ3) is 5.56. The van der Waals surface area contributed by atoms with E-state index in [4.69, 9.17) is 32.1 Å². The van der Waals surface area contributed by atoms with Crippen LogP contribution in [0.4, 0.5) is 5.69 Å². The van der Waals surface area contributed by atoms with E-state index in [1.807, 2.05) is 20.8 Å². The van der Waals surface area contributed by atoms with E-state index in [0.29, 0.717) is 28.4 Å². The zero-order valence-electron chi connectivity index (χ0n) is 20.3. The minimum Gasteiger partial charge on any atom is -0.478 e. The van der Waals surface area contributed by atoms with Gasteiger partial charge in [-0.15, -0.1) is 0 Å². The second kappa shape index (κ2) is 9.45. The van der Waals surface area contributed by atoms with Gasteiger partial charge in [0.2, 0.25) is 0 Å². The molecule has 37 heavy (non-hydrogen) atoms. The Hall–Kier alpha value is -5.20. The van der Waals surface area contributed by atoms with Gasteiger partial charge >= 0.3 is 12.0 Å². The van der Waals surface area contributed by atoms with Crippen LogP contribution in [0.3, 0.4) is 0 Å². The third-order valence-electron chi connectivity index (χ3n) is 5.04. The van der Waals surface area contributed by atoms with Gasteiger partial charge in [-0.1, -0.05) is 26.8 Å². The summed E-state index contributed by atoms with van der Waals surface area (Å²) in [5, 5.41) is 15.2. The lowest BCUT2D eigenvalue weighted by molar-refractivity contribution is -0.114. The fourth-order valence-electron chi connectivity index (χ4n) is 3.33. The van der Waals surface area contributed by atoms with Crippen LogP contribution in [0.25, 0.3) is 11.2 Å². The molecule has 0 radical (unpaired) electrons. The van der Waals surface area contributed by atoms with Crippen LogP contribution in [0.2, 0.25) is 0 Å². The fourth-order valence-corrected chi connectivity index (χ4v) is 3.33. The monoisotopic (exact) mass is 504 g/mol. The lowest BCUT2D eigenvalue weighted by Crippen LogP contribution is -2.46. The van der Waals surface area contributed by atoms with Crippen molar-refractivity contribution in [2.24, 2.45) is 22.2 Å². The number of carboxylic acid groups (broad SMARTS) is 1. The van der Waals surface area contributed by atoms with Crippen molar-refractivity contribution in [1.82, 2.24) is 19.9 Å². The minimum absolute atomic E-state index is 0.0640.